The summed E-state index contributed by atoms with van der Waals surface area (Å²) in [6.45, 7) is 5.00. The molecule has 0 unspecified atom stereocenters. The zero-order chi connectivity index (χ0) is 26.6. The number of anilines is 2. The summed E-state index contributed by atoms with van der Waals surface area (Å²) in [5, 5.41) is 19.1. The van der Waals surface area contributed by atoms with Gasteiger partial charge in [0.1, 0.15) is 6.04 Å². The van der Waals surface area contributed by atoms with E-state index in [4.69, 9.17) is 5.21 Å². The summed E-state index contributed by atoms with van der Waals surface area (Å²) in [5.74, 6) is 5.26. The van der Waals surface area contributed by atoms with Crippen LogP contribution in [0, 0.1) is 11.8 Å². The van der Waals surface area contributed by atoms with Crippen molar-refractivity contribution in [2.24, 2.45) is 0 Å². The summed E-state index contributed by atoms with van der Waals surface area (Å²) in [7, 11) is 0. The third-order valence-electron chi connectivity index (χ3n) is 7.09. The highest BCUT2D eigenvalue weighted by molar-refractivity contribution is 6.01. The number of rotatable bonds is 5. The topological polar surface area (TPSA) is 96.3 Å². The fraction of sp³-hybridized carbons (Fsp3) is 0.267. The Kier molecular flexibility index (Phi) is 7.31. The number of hydrogen-bond donors (Lipinski definition) is 3. The highest BCUT2D eigenvalue weighted by Gasteiger charge is 2.39. The maximum atomic E-state index is 12.9. The Morgan fingerprint density at radius 3 is 2.05 bits per heavy atom. The summed E-state index contributed by atoms with van der Waals surface area (Å²) < 4.78 is 0. The molecule has 2 aliphatic heterocycles. The molecule has 5 rings (SSSR count). The number of nitrogens with zero attached hydrogens (tertiary/aromatic N) is 3. The minimum Gasteiger partial charge on any atom is -0.391 e. The van der Waals surface area contributed by atoms with Crippen LogP contribution in [-0.2, 0) is 11.3 Å². The molecule has 1 saturated heterocycles. The van der Waals surface area contributed by atoms with Crippen molar-refractivity contribution in [1.29, 1.82) is 0 Å². The van der Waals surface area contributed by atoms with Gasteiger partial charge in [0.25, 0.3) is 11.8 Å². The third-order valence-corrected chi connectivity index (χ3v) is 7.09. The Labute approximate surface area is 222 Å². The number of nitrogens with one attached hydrogen (secondary N) is 1. The van der Waals surface area contributed by atoms with Crippen molar-refractivity contribution in [3.05, 3.63) is 95.1 Å². The first-order chi connectivity index (χ1) is 18.4. The van der Waals surface area contributed by atoms with E-state index >= 15 is 0 Å². The Bertz CT molecular complexity index is 1370. The van der Waals surface area contributed by atoms with Crippen molar-refractivity contribution in [2.75, 3.05) is 36.0 Å². The van der Waals surface area contributed by atoms with Gasteiger partial charge in [-0.1, -0.05) is 30.0 Å². The molecule has 2 aliphatic rings. The van der Waals surface area contributed by atoms with Gasteiger partial charge in [-0.3, -0.25) is 14.8 Å². The van der Waals surface area contributed by atoms with Crippen LogP contribution in [0.15, 0.2) is 72.8 Å². The van der Waals surface area contributed by atoms with Crippen LogP contribution in [0.1, 0.15) is 34.0 Å². The number of aliphatic hydroxyl groups excluding tert-OH is 1. The maximum absolute atomic E-state index is 12.9. The number of carbonyl (C=O) groups is 2. The molecule has 2 atom stereocenters. The average molecular weight is 511 g/mol. The van der Waals surface area contributed by atoms with Crippen LogP contribution in [0.2, 0.25) is 0 Å². The summed E-state index contributed by atoms with van der Waals surface area (Å²) in [6, 6.07) is 22.8. The molecular weight excluding hydrogens is 480 g/mol. The van der Waals surface area contributed by atoms with E-state index in [1.54, 1.807) is 11.5 Å². The monoisotopic (exact) mass is 510 g/mol. The molecule has 0 radical (unpaired) electrons. The van der Waals surface area contributed by atoms with E-state index in [9.17, 15) is 14.7 Å². The van der Waals surface area contributed by atoms with E-state index in [1.165, 1.54) is 11.8 Å². The molecule has 8 nitrogen and oxygen atoms in total. The predicted molar refractivity (Wildman–Crippen MR) is 145 cm³/mol. The second-order valence-corrected chi connectivity index (χ2v) is 9.57. The molecule has 0 saturated carbocycles. The maximum Gasteiger partial charge on any atom is 0.268 e. The van der Waals surface area contributed by atoms with Crippen LogP contribution in [0.5, 0.6) is 0 Å². The second-order valence-electron chi connectivity index (χ2n) is 9.57. The molecule has 1 fully saturated rings. The highest BCUT2D eigenvalue weighted by atomic mass is 16.5. The van der Waals surface area contributed by atoms with Gasteiger partial charge >= 0.3 is 0 Å². The molecule has 3 aromatic rings. The van der Waals surface area contributed by atoms with Crippen LogP contribution >= 0.6 is 0 Å². The number of fused-ring (bicyclic) bond motifs is 1. The van der Waals surface area contributed by atoms with Crippen molar-refractivity contribution in [3.63, 3.8) is 0 Å². The number of amides is 2. The number of hydroxylamine groups is 1. The van der Waals surface area contributed by atoms with E-state index in [2.05, 4.69) is 45.9 Å². The normalized spacial score (nSPS) is 16.4. The van der Waals surface area contributed by atoms with Crippen LogP contribution in [0.4, 0.5) is 11.4 Å². The van der Waals surface area contributed by atoms with Crippen molar-refractivity contribution >= 4 is 23.2 Å². The number of carbonyl (C=O) groups excluding carboxylic acids is 2. The Morgan fingerprint density at radius 1 is 0.868 bits per heavy atom. The van der Waals surface area contributed by atoms with Gasteiger partial charge in [0.2, 0.25) is 0 Å². The quantitative estimate of drug-likeness (QED) is 0.278. The number of piperazine rings is 1. The summed E-state index contributed by atoms with van der Waals surface area (Å²) in [6.07, 6.45) is -1.13. The highest BCUT2D eigenvalue weighted by Crippen LogP contribution is 2.30. The van der Waals surface area contributed by atoms with Crippen LogP contribution < -0.4 is 15.3 Å². The molecule has 194 valence electrons. The van der Waals surface area contributed by atoms with Gasteiger partial charge in [-0.15, -0.1) is 0 Å². The molecule has 0 aromatic heterocycles. The fourth-order valence-electron chi connectivity index (χ4n) is 5.08. The molecule has 8 heteroatoms. The average Bonchev–Trinajstić information content (AvgIpc) is 3.27. The van der Waals surface area contributed by atoms with Crippen LogP contribution in [0.25, 0.3) is 0 Å². The van der Waals surface area contributed by atoms with E-state index in [1.807, 2.05) is 42.5 Å². The summed E-state index contributed by atoms with van der Waals surface area (Å²) >= 11 is 0. The molecule has 0 bridgehead atoms. The Hall–Kier alpha value is -4.32. The lowest BCUT2D eigenvalue weighted by atomic mass is 10.1. The standard InChI is InChI=1S/C30H30N4O4/c1-21(35)28(29(36)31-38)34-20-24-19-26(13-14-27(24)30(34)37)33-17-15-32(16-18-33)25-11-9-23(10-12-25)8-7-22-5-3-2-4-6-22/h2-6,9-14,19,21,28,35,38H,15-18,20H2,1H3,(H,31,36)/t21-,28+/m1/s1. The molecule has 0 spiro atoms. The first-order valence-electron chi connectivity index (χ1n) is 12.7. The van der Waals surface area contributed by atoms with Crippen molar-refractivity contribution in [3.8, 4) is 11.8 Å². The van der Waals surface area contributed by atoms with E-state index in [-0.39, 0.29) is 12.5 Å². The largest absolute Gasteiger partial charge is 0.391 e. The fourth-order valence-corrected chi connectivity index (χ4v) is 5.08. The molecule has 38 heavy (non-hydrogen) atoms. The lowest BCUT2D eigenvalue weighted by molar-refractivity contribution is -0.137. The van der Waals surface area contributed by atoms with E-state index in [0.717, 1.165) is 54.2 Å². The Morgan fingerprint density at radius 2 is 1.45 bits per heavy atom. The second kappa shape index (κ2) is 11.0. The van der Waals surface area contributed by atoms with Crippen molar-refractivity contribution in [1.82, 2.24) is 10.4 Å². The molecule has 0 aliphatic carbocycles. The lowest BCUT2D eigenvalue weighted by Crippen LogP contribution is -2.52. The van der Waals surface area contributed by atoms with Gasteiger partial charge in [0.05, 0.1) is 6.10 Å². The van der Waals surface area contributed by atoms with E-state index in [0.29, 0.717) is 5.56 Å². The number of hydrogen-bond acceptors (Lipinski definition) is 6. The number of aliphatic hydroxyl groups is 1. The summed E-state index contributed by atoms with van der Waals surface area (Å²) in [4.78, 5) is 30.9. The van der Waals surface area contributed by atoms with E-state index < -0.39 is 18.1 Å². The van der Waals surface area contributed by atoms with Gasteiger partial charge in [0, 0.05) is 60.8 Å². The molecule has 3 aromatic carbocycles. The SMILES string of the molecule is C[C@@H](O)[C@@H](C(=O)NO)N1Cc2cc(N3CCN(c4ccc(C#Cc5ccccc5)cc4)CC3)ccc2C1=O. The van der Waals surface area contributed by atoms with Gasteiger partial charge in [0.15, 0.2) is 0 Å². The molecule has 3 N–H and O–H groups in total. The van der Waals surface area contributed by atoms with Crippen molar-refractivity contribution < 1.29 is 19.9 Å². The van der Waals surface area contributed by atoms with Gasteiger partial charge in [-0.2, -0.15) is 0 Å². The minimum atomic E-state index is -1.16. The first-order valence-corrected chi connectivity index (χ1v) is 12.7. The minimum absolute atomic E-state index is 0.199. The molecule has 2 heterocycles. The lowest BCUT2D eigenvalue weighted by Gasteiger charge is -2.37. The molecule has 2 amide bonds. The van der Waals surface area contributed by atoms with Gasteiger partial charge in [-0.25, -0.2) is 5.48 Å². The molecular formula is C30H30N4O4. The van der Waals surface area contributed by atoms with Crippen molar-refractivity contribution in [2.45, 2.75) is 25.6 Å². The first kappa shape index (κ1) is 25.3. The predicted octanol–water partition coefficient (Wildman–Crippen LogP) is 2.62. The van der Waals surface area contributed by atoms with Crippen LogP contribution in [-0.4, -0.2) is 65.4 Å². The zero-order valence-corrected chi connectivity index (χ0v) is 21.2. The van der Waals surface area contributed by atoms with Gasteiger partial charge < -0.3 is 19.8 Å². The van der Waals surface area contributed by atoms with Gasteiger partial charge in [-0.05, 0) is 67.1 Å². The summed E-state index contributed by atoms with van der Waals surface area (Å²) in [5.41, 5.74) is 7.03. The third kappa shape index (κ3) is 5.21. The smallest absolute Gasteiger partial charge is 0.268 e. The van der Waals surface area contributed by atoms with Crippen LogP contribution in [0.3, 0.4) is 0 Å². The Balaban J connectivity index is 1.22. The number of benzene rings is 3. The zero-order valence-electron chi connectivity index (χ0n) is 21.2.